The van der Waals surface area contributed by atoms with E-state index in [0.29, 0.717) is 18.7 Å². The molecule has 4 rings (SSSR count). The van der Waals surface area contributed by atoms with Crippen LogP contribution in [0.25, 0.3) is 10.9 Å². The number of hydrogen-bond acceptors (Lipinski definition) is 3. The van der Waals surface area contributed by atoms with Gasteiger partial charge in [0.05, 0.1) is 0 Å². The van der Waals surface area contributed by atoms with Crippen LogP contribution in [-0.4, -0.2) is 4.98 Å². The van der Waals surface area contributed by atoms with Crippen molar-refractivity contribution in [3.05, 3.63) is 105 Å². The van der Waals surface area contributed by atoms with Gasteiger partial charge in [-0.1, -0.05) is 36.4 Å². The maximum absolute atomic E-state index is 12.4. The zero-order chi connectivity index (χ0) is 20.2. The van der Waals surface area contributed by atoms with Gasteiger partial charge in [-0.05, 0) is 66.9 Å². The van der Waals surface area contributed by atoms with Gasteiger partial charge in [0.15, 0.2) is 0 Å². The van der Waals surface area contributed by atoms with Crippen LogP contribution in [0, 0.1) is 13.8 Å². The summed E-state index contributed by atoms with van der Waals surface area (Å²) in [5.74, 6) is 0.814. The predicted octanol–water partition coefficient (Wildman–Crippen LogP) is 5.34. The summed E-state index contributed by atoms with van der Waals surface area (Å²) in [4.78, 5) is 15.4. The SMILES string of the molecule is Cc1cc(C)c2cc(CNc3ccc(OCc4ccccc4)cc3)c(=O)[nH]c2c1. The zero-order valence-electron chi connectivity index (χ0n) is 16.7. The molecule has 4 nitrogen and oxygen atoms in total. The maximum Gasteiger partial charge on any atom is 0.253 e. The molecule has 0 fully saturated rings. The summed E-state index contributed by atoms with van der Waals surface area (Å²) in [6.45, 7) is 5.11. The molecule has 2 N–H and O–H groups in total. The average molecular weight is 384 g/mol. The number of nitrogens with one attached hydrogen (secondary N) is 2. The van der Waals surface area contributed by atoms with Crippen molar-refractivity contribution in [2.45, 2.75) is 27.0 Å². The van der Waals surface area contributed by atoms with Crippen molar-refractivity contribution >= 4 is 16.6 Å². The third-order valence-electron chi connectivity index (χ3n) is 4.98. The molecule has 0 aliphatic heterocycles. The van der Waals surface area contributed by atoms with Crippen molar-refractivity contribution in [3.63, 3.8) is 0 Å². The minimum Gasteiger partial charge on any atom is -0.489 e. The topological polar surface area (TPSA) is 54.1 Å². The highest BCUT2D eigenvalue weighted by atomic mass is 16.5. The van der Waals surface area contributed by atoms with Crippen molar-refractivity contribution in [2.24, 2.45) is 0 Å². The Morgan fingerprint density at radius 1 is 0.931 bits per heavy atom. The zero-order valence-corrected chi connectivity index (χ0v) is 16.7. The van der Waals surface area contributed by atoms with Crippen molar-refractivity contribution < 1.29 is 4.74 Å². The van der Waals surface area contributed by atoms with Crippen molar-refractivity contribution in [1.29, 1.82) is 0 Å². The van der Waals surface area contributed by atoms with Crippen LogP contribution >= 0.6 is 0 Å². The third kappa shape index (κ3) is 4.49. The Morgan fingerprint density at radius 3 is 2.45 bits per heavy atom. The fourth-order valence-corrected chi connectivity index (χ4v) is 3.45. The Morgan fingerprint density at radius 2 is 1.69 bits per heavy atom. The summed E-state index contributed by atoms with van der Waals surface area (Å²) in [7, 11) is 0. The van der Waals surface area contributed by atoms with E-state index in [-0.39, 0.29) is 5.56 Å². The molecule has 146 valence electrons. The van der Waals surface area contributed by atoms with Crippen LogP contribution < -0.4 is 15.6 Å². The molecular formula is C25H24N2O2. The van der Waals surface area contributed by atoms with E-state index in [1.165, 1.54) is 0 Å². The molecule has 0 saturated carbocycles. The number of aryl methyl sites for hydroxylation is 2. The molecule has 0 spiro atoms. The average Bonchev–Trinajstić information content (AvgIpc) is 2.72. The van der Waals surface area contributed by atoms with Gasteiger partial charge in [-0.2, -0.15) is 0 Å². The lowest BCUT2D eigenvalue weighted by Crippen LogP contribution is -2.16. The number of hydrogen-bond donors (Lipinski definition) is 2. The molecule has 1 aromatic heterocycles. The Bertz CT molecular complexity index is 1180. The van der Waals surface area contributed by atoms with Gasteiger partial charge in [-0.25, -0.2) is 0 Å². The first kappa shape index (κ1) is 18.8. The van der Waals surface area contributed by atoms with Crippen molar-refractivity contribution in [2.75, 3.05) is 5.32 Å². The van der Waals surface area contributed by atoms with Crippen LogP contribution in [0.1, 0.15) is 22.3 Å². The van der Waals surface area contributed by atoms with E-state index in [4.69, 9.17) is 4.74 Å². The molecule has 0 unspecified atom stereocenters. The molecule has 1 heterocycles. The van der Waals surface area contributed by atoms with Crippen LogP contribution in [0.3, 0.4) is 0 Å². The normalized spacial score (nSPS) is 10.8. The van der Waals surface area contributed by atoms with E-state index in [0.717, 1.165) is 39.0 Å². The number of ether oxygens (including phenoxy) is 1. The Balaban J connectivity index is 1.42. The number of aromatic nitrogens is 1. The number of H-pyrrole nitrogens is 1. The summed E-state index contributed by atoms with van der Waals surface area (Å²) in [5.41, 5.74) is 5.93. The standard InChI is InChI=1S/C25H24N2O2/c1-17-12-18(2)23-14-20(25(28)27-24(23)13-17)15-26-21-8-10-22(11-9-21)29-16-19-6-4-3-5-7-19/h3-14,26H,15-16H2,1-2H3,(H,27,28). The van der Waals surface area contributed by atoms with Crippen molar-refractivity contribution in [1.82, 2.24) is 4.98 Å². The minimum absolute atomic E-state index is 0.0576. The van der Waals surface area contributed by atoms with Crippen LogP contribution in [0.15, 0.2) is 77.6 Å². The monoisotopic (exact) mass is 384 g/mol. The largest absolute Gasteiger partial charge is 0.489 e. The summed E-state index contributed by atoms with van der Waals surface area (Å²) in [6.07, 6.45) is 0. The first-order valence-electron chi connectivity index (χ1n) is 9.72. The number of rotatable bonds is 6. The highest BCUT2D eigenvalue weighted by Crippen LogP contribution is 2.20. The lowest BCUT2D eigenvalue weighted by Gasteiger charge is -2.10. The maximum atomic E-state index is 12.4. The number of fused-ring (bicyclic) bond motifs is 1. The highest BCUT2D eigenvalue weighted by molar-refractivity contribution is 5.83. The first-order chi connectivity index (χ1) is 14.1. The minimum atomic E-state index is -0.0576. The van der Waals surface area contributed by atoms with Gasteiger partial charge in [0.2, 0.25) is 0 Å². The molecule has 0 amide bonds. The van der Waals surface area contributed by atoms with E-state index >= 15 is 0 Å². The summed E-state index contributed by atoms with van der Waals surface area (Å²) in [6, 6.07) is 24.0. The summed E-state index contributed by atoms with van der Waals surface area (Å²) < 4.78 is 5.82. The fourth-order valence-electron chi connectivity index (χ4n) is 3.45. The molecule has 0 aliphatic carbocycles. The number of aromatic amines is 1. The van der Waals surface area contributed by atoms with Crippen LogP contribution in [0.4, 0.5) is 5.69 Å². The van der Waals surface area contributed by atoms with Crippen LogP contribution in [-0.2, 0) is 13.2 Å². The Labute approximate surface area is 170 Å². The van der Waals surface area contributed by atoms with Gasteiger partial charge < -0.3 is 15.0 Å². The van der Waals surface area contributed by atoms with E-state index in [1.807, 2.05) is 73.7 Å². The molecular weight excluding hydrogens is 360 g/mol. The molecule has 0 radical (unpaired) electrons. The van der Waals surface area contributed by atoms with Crippen molar-refractivity contribution in [3.8, 4) is 5.75 Å². The van der Waals surface area contributed by atoms with Gasteiger partial charge in [0, 0.05) is 28.7 Å². The van der Waals surface area contributed by atoms with Crippen LogP contribution in [0.5, 0.6) is 5.75 Å². The molecule has 29 heavy (non-hydrogen) atoms. The number of pyridine rings is 1. The van der Waals surface area contributed by atoms with E-state index < -0.39 is 0 Å². The highest BCUT2D eigenvalue weighted by Gasteiger charge is 2.06. The smallest absolute Gasteiger partial charge is 0.253 e. The molecule has 4 aromatic rings. The Kier molecular flexibility index (Phi) is 5.34. The van der Waals surface area contributed by atoms with Gasteiger partial charge >= 0.3 is 0 Å². The summed E-state index contributed by atoms with van der Waals surface area (Å²) in [5, 5.41) is 4.40. The third-order valence-corrected chi connectivity index (χ3v) is 4.98. The molecule has 4 heteroatoms. The summed E-state index contributed by atoms with van der Waals surface area (Å²) >= 11 is 0. The quantitative estimate of drug-likeness (QED) is 0.472. The molecule has 0 saturated heterocycles. The van der Waals surface area contributed by atoms with Gasteiger partial charge in [0.1, 0.15) is 12.4 Å². The lowest BCUT2D eigenvalue weighted by atomic mass is 10.0. The van der Waals surface area contributed by atoms with E-state index in [9.17, 15) is 4.79 Å². The molecule has 0 aliphatic rings. The number of anilines is 1. The molecule has 3 aromatic carbocycles. The first-order valence-corrected chi connectivity index (χ1v) is 9.72. The Hall–Kier alpha value is -3.53. The van der Waals surface area contributed by atoms with Crippen LogP contribution in [0.2, 0.25) is 0 Å². The van der Waals surface area contributed by atoms with E-state index in [1.54, 1.807) is 0 Å². The van der Waals surface area contributed by atoms with E-state index in [2.05, 4.69) is 23.3 Å². The lowest BCUT2D eigenvalue weighted by molar-refractivity contribution is 0.306. The fraction of sp³-hybridized carbons (Fsp3) is 0.160. The second kappa shape index (κ2) is 8.23. The second-order valence-electron chi connectivity index (χ2n) is 7.32. The van der Waals surface area contributed by atoms with Gasteiger partial charge in [0.25, 0.3) is 5.56 Å². The predicted molar refractivity (Wildman–Crippen MR) is 119 cm³/mol. The second-order valence-corrected chi connectivity index (χ2v) is 7.32. The molecule has 0 bridgehead atoms. The van der Waals surface area contributed by atoms with Gasteiger partial charge in [-0.15, -0.1) is 0 Å². The van der Waals surface area contributed by atoms with Gasteiger partial charge in [-0.3, -0.25) is 4.79 Å². The number of benzene rings is 3. The molecule has 0 atom stereocenters.